The van der Waals surface area contributed by atoms with Crippen LogP contribution in [0.5, 0.6) is 5.75 Å². The molecule has 35 heavy (non-hydrogen) atoms. The first-order valence-electron chi connectivity index (χ1n) is 11.5. The number of hydrogen-bond acceptors (Lipinski definition) is 5. The Morgan fingerprint density at radius 3 is 2.09 bits per heavy atom. The zero-order valence-corrected chi connectivity index (χ0v) is 19.4. The van der Waals surface area contributed by atoms with E-state index in [0.717, 1.165) is 16.7 Å². The Morgan fingerprint density at radius 1 is 0.886 bits per heavy atom. The van der Waals surface area contributed by atoms with E-state index in [4.69, 9.17) is 11.1 Å². The van der Waals surface area contributed by atoms with Crippen molar-refractivity contribution in [2.75, 3.05) is 6.54 Å². The van der Waals surface area contributed by atoms with Gasteiger partial charge in [0.15, 0.2) is 5.96 Å². The van der Waals surface area contributed by atoms with Crippen LogP contribution < -0.4 is 21.7 Å². The number of guanidine groups is 1. The van der Waals surface area contributed by atoms with E-state index in [0.29, 0.717) is 25.9 Å². The largest absolute Gasteiger partial charge is 0.508 e. The van der Waals surface area contributed by atoms with Crippen molar-refractivity contribution in [3.8, 4) is 5.75 Å². The van der Waals surface area contributed by atoms with Crippen LogP contribution in [0.25, 0.3) is 0 Å². The summed E-state index contributed by atoms with van der Waals surface area (Å²) in [5, 5.41) is 25.5. The second-order valence-electron chi connectivity index (χ2n) is 8.19. The molecule has 0 aliphatic rings. The lowest BCUT2D eigenvalue weighted by molar-refractivity contribution is -0.132. The molecular weight excluding hydrogens is 442 g/mol. The zero-order valence-electron chi connectivity index (χ0n) is 19.4. The van der Waals surface area contributed by atoms with E-state index < -0.39 is 23.8 Å². The third-order valence-corrected chi connectivity index (χ3v) is 5.54. The number of hydrogen-bond donors (Lipinski definition) is 6. The van der Waals surface area contributed by atoms with Gasteiger partial charge < -0.3 is 21.5 Å². The van der Waals surface area contributed by atoms with Crippen molar-refractivity contribution in [2.45, 2.75) is 31.3 Å². The first-order valence-corrected chi connectivity index (χ1v) is 11.5. The maximum Gasteiger partial charge on any atom is 0.243 e. The van der Waals surface area contributed by atoms with Crippen molar-refractivity contribution in [1.29, 1.82) is 5.41 Å². The molecule has 0 saturated carbocycles. The van der Waals surface area contributed by atoms with Crippen LogP contribution in [-0.2, 0) is 16.1 Å². The molecular formula is C27H31N5O3. The molecule has 0 aromatic heterocycles. The molecule has 0 spiro atoms. The highest BCUT2D eigenvalue weighted by Crippen LogP contribution is 2.24. The average Bonchev–Trinajstić information content (AvgIpc) is 2.85. The molecule has 182 valence electrons. The number of phenols is 1. The number of nitrogens with one attached hydrogen (secondary N) is 4. The highest BCUT2D eigenvalue weighted by Gasteiger charge is 2.27. The van der Waals surface area contributed by atoms with Gasteiger partial charge in [-0.3, -0.25) is 20.3 Å². The summed E-state index contributed by atoms with van der Waals surface area (Å²) in [5.41, 5.74) is 7.73. The van der Waals surface area contributed by atoms with Crippen molar-refractivity contribution < 1.29 is 14.7 Å². The number of imide groups is 1. The van der Waals surface area contributed by atoms with Crippen LogP contribution in [0.3, 0.4) is 0 Å². The Labute approximate surface area is 205 Å². The molecule has 3 aromatic rings. The van der Waals surface area contributed by atoms with Gasteiger partial charge in [-0.1, -0.05) is 72.8 Å². The minimum Gasteiger partial charge on any atom is -0.508 e. The molecule has 3 aromatic carbocycles. The van der Waals surface area contributed by atoms with Crippen LogP contribution >= 0.6 is 0 Å². The number of phenolic OH excluding ortho intramolecular Hbond substituents is 1. The zero-order chi connectivity index (χ0) is 25.0. The molecule has 0 saturated heterocycles. The number of aromatic hydroxyl groups is 1. The maximum absolute atomic E-state index is 13.3. The first-order chi connectivity index (χ1) is 16.9. The summed E-state index contributed by atoms with van der Waals surface area (Å²) in [7, 11) is 0. The third-order valence-electron chi connectivity index (χ3n) is 5.54. The van der Waals surface area contributed by atoms with E-state index in [1.54, 1.807) is 18.2 Å². The third kappa shape index (κ3) is 7.97. The van der Waals surface area contributed by atoms with Gasteiger partial charge in [-0.15, -0.1) is 0 Å². The van der Waals surface area contributed by atoms with E-state index in [2.05, 4.69) is 16.0 Å². The minimum atomic E-state index is -0.665. The number of nitrogens with two attached hydrogens (primary N) is 1. The number of carbonyl (C=O) groups excluding carboxylic acids is 2. The standard InChI is InChI=1S/C27H31N5O3/c28-27(29)30-16-8-15-23(31-18-19-9-7-14-22(33)17-19)25(34)32-26(35)24(20-10-3-1-4-11-20)21-12-5-2-6-13-21/h1-7,9-14,17,23-24,31,33H,8,15-16,18H2,(H4,28,29,30)(H,32,34,35)/t23-/m0/s1. The molecule has 1 atom stereocenters. The highest BCUT2D eigenvalue weighted by atomic mass is 16.3. The summed E-state index contributed by atoms with van der Waals surface area (Å²) in [5.74, 6) is -1.47. The van der Waals surface area contributed by atoms with Crippen molar-refractivity contribution in [1.82, 2.24) is 16.0 Å². The minimum absolute atomic E-state index is 0.137. The molecule has 8 heteroatoms. The van der Waals surface area contributed by atoms with Gasteiger partial charge in [0.2, 0.25) is 11.8 Å². The lowest BCUT2D eigenvalue weighted by Gasteiger charge is -2.21. The molecule has 3 rings (SSSR count). The van der Waals surface area contributed by atoms with Crippen LogP contribution in [0.15, 0.2) is 84.9 Å². The van der Waals surface area contributed by atoms with Gasteiger partial charge in [0.1, 0.15) is 5.75 Å². The van der Waals surface area contributed by atoms with Crippen LogP contribution in [0.2, 0.25) is 0 Å². The normalized spacial score (nSPS) is 11.6. The second-order valence-corrected chi connectivity index (χ2v) is 8.19. The Morgan fingerprint density at radius 2 is 1.51 bits per heavy atom. The highest BCUT2D eigenvalue weighted by molar-refractivity contribution is 6.01. The lowest BCUT2D eigenvalue weighted by atomic mass is 9.90. The predicted octanol–water partition coefficient (Wildman–Crippen LogP) is 2.59. The molecule has 0 fully saturated rings. The molecule has 8 nitrogen and oxygen atoms in total. The monoisotopic (exact) mass is 473 g/mol. The number of carbonyl (C=O) groups is 2. The fourth-order valence-corrected chi connectivity index (χ4v) is 3.83. The quantitative estimate of drug-likeness (QED) is 0.144. The molecule has 0 aliphatic heterocycles. The Kier molecular flexibility index (Phi) is 9.39. The van der Waals surface area contributed by atoms with Gasteiger partial charge in [-0.2, -0.15) is 0 Å². The summed E-state index contributed by atoms with van der Waals surface area (Å²) in [4.78, 5) is 26.6. The van der Waals surface area contributed by atoms with E-state index in [1.807, 2.05) is 66.7 Å². The molecule has 7 N–H and O–H groups in total. The summed E-state index contributed by atoms with van der Waals surface area (Å²) in [6, 6.07) is 24.8. The molecule has 0 heterocycles. The van der Waals surface area contributed by atoms with Gasteiger partial charge >= 0.3 is 0 Å². The Balaban J connectivity index is 1.73. The molecule has 0 radical (unpaired) electrons. The van der Waals surface area contributed by atoms with Crippen LogP contribution in [0.4, 0.5) is 0 Å². The number of amides is 2. The van der Waals surface area contributed by atoms with Crippen LogP contribution in [-0.4, -0.2) is 35.5 Å². The van der Waals surface area contributed by atoms with Gasteiger partial charge in [0, 0.05) is 13.1 Å². The van der Waals surface area contributed by atoms with Crippen molar-refractivity contribution in [3.63, 3.8) is 0 Å². The van der Waals surface area contributed by atoms with Gasteiger partial charge in [-0.25, -0.2) is 0 Å². The fraction of sp³-hybridized carbons (Fsp3) is 0.222. The molecule has 0 aliphatic carbocycles. The Hall–Kier alpha value is -4.17. The Bertz CT molecular complexity index is 1080. The fourth-order valence-electron chi connectivity index (χ4n) is 3.83. The van der Waals surface area contributed by atoms with E-state index in [1.165, 1.54) is 0 Å². The van der Waals surface area contributed by atoms with E-state index >= 15 is 0 Å². The summed E-state index contributed by atoms with van der Waals surface area (Å²) in [6.45, 7) is 0.763. The van der Waals surface area contributed by atoms with E-state index in [-0.39, 0.29) is 11.7 Å². The molecule has 0 unspecified atom stereocenters. The summed E-state index contributed by atoms with van der Waals surface area (Å²) in [6.07, 6.45) is 0.971. The van der Waals surface area contributed by atoms with Crippen molar-refractivity contribution in [3.05, 3.63) is 102 Å². The van der Waals surface area contributed by atoms with E-state index in [9.17, 15) is 14.7 Å². The van der Waals surface area contributed by atoms with Crippen molar-refractivity contribution >= 4 is 17.8 Å². The van der Waals surface area contributed by atoms with Gasteiger partial charge in [-0.05, 0) is 41.7 Å². The van der Waals surface area contributed by atoms with Gasteiger partial charge in [0.05, 0.1) is 12.0 Å². The van der Waals surface area contributed by atoms with Gasteiger partial charge in [0.25, 0.3) is 0 Å². The smallest absolute Gasteiger partial charge is 0.243 e. The summed E-state index contributed by atoms with van der Waals surface area (Å²) >= 11 is 0. The average molecular weight is 474 g/mol. The first kappa shape index (κ1) is 25.5. The molecule has 2 amide bonds. The molecule has 0 bridgehead atoms. The maximum atomic E-state index is 13.3. The second kappa shape index (κ2) is 12.9. The SMILES string of the molecule is N=C(N)NCCC[C@H](NCc1cccc(O)c1)C(=O)NC(=O)C(c1ccccc1)c1ccccc1. The van der Waals surface area contributed by atoms with Crippen LogP contribution in [0, 0.1) is 5.41 Å². The number of rotatable bonds is 11. The lowest BCUT2D eigenvalue weighted by Crippen LogP contribution is -2.47. The number of benzene rings is 3. The van der Waals surface area contributed by atoms with Crippen LogP contribution in [0.1, 0.15) is 35.4 Å². The topological polar surface area (TPSA) is 140 Å². The summed E-state index contributed by atoms with van der Waals surface area (Å²) < 4.78 is 0. The van der Waals surface area contributed by atoms with Crippen molar-refractivity contribution in [2.24, 2.45) is 5.73 Å². The predicted molar refractivity (Wildman–Crippen MR) is 136 cm³/mol.